The summed E-state index contributed by atoms with van der Waals surface area (Å²) < 4.78 is 2.25. The molecule has 4 aromatic rings. The number of carbonyl (C=O) groups excluding carboxylic acids is 1. The van der Waals surface area contributed by atoms with Crippen molar-refractivity contribution in [2.75, 3.05) is 5.32 Å². The Kier molecular flexibility index (Phi) is 3.74. The minimum atomic E-state index is -0.296. The zero-order chi connectivity index (χ0) is 17.6. The van der Waals surface area contributed by atoms with Crippen LogP contribution in [0.3, 0.4) is 0 Å². The average Bonchev–Trinajstić information content (AvgIpc) is 2.92. The number of H-pyrrole nitrogens is 1. The van der Waals surface area contributed by atoms with Crippen molar-refractivity contribution >= 4 is 51.7 Å². The molecule has 0 aliphatic rings. The lowest BCUT2D eigenvalue weighted by Gasteiger charge is -2.05. The number of nitrogens with one attached hydrogen (secondary N) is 2. The molecule has 124 valence electrons. The largest absolute Gasteiger partial charge is 0.321 e. The number of benzene rings is 2. The summed E-state index contributed by atoms with van der Waals surface area (Å²) in [6.07, 6.45) is 0. The molecule has 0 atom stereocenters. The number of aromatic nitrogens is 2. The Bertz CT molecular complexity index is 1250. The lowest BCUT2D eigenvalue weighted by atomic mass is 10.2. The van der Waals surface area contributed by atoms with Crippen molar-refractivity contribution in [2.24, 2.45) is 0 Å². The Hall–Kier alpha value is -2.77. The van der Waals surface area contributed by atoms with Crippen molar-refractivity contribution in [1.29, 1.82) is 0 Å². The highest BCUT2D eigenvalue weighted by atomic mass is 32.1. The minimum Gasteiger partial charge on any atom is -0.321 e. The third kappa shape index (κ3) is 2.67. The van der Waals surface area contributed by atoms with Gasteiger partial charge in [-0.1, -0.05) is 35.6 Å². The molecule has 0 unspecified atom stereocenters. The smallest absolute Gasteiger partial charge is 0.269 e. The summed E-state index contributed by atoms with van der Waals surface area (Å²) in [5.41, 5.74) is 2.62. The number of thiazole rings is 1. The number of aromatic amines is 1. The molecule has 0 spiro atoms. The van der Waals surface area contributed by atoms with Gasteiger partial charge in [0.1, 0.15) is 10.5 Å². The van der Waals surface area contributed by atoms with E-state index in [2.05, 4.69) is 10.3 Å². The minimum absolute atomic E-state index is 0.243. The molecule has 0 aliphatic heterocycles. The lowest BCUT2D eigenvalue weighted by Crippen LogP contribution is -2.14. The van der Waals surface area contributed by atoms with Crippen molar-refractivity contribution < 1.29 is 4.79 Å². The topological polar surface area (TPSA) is 66.4 Å². The SMILES string of the molecule is Cc1cccc(NC(=O)c2sc(=S)n3c2[nH]c(=O)c2ccccc23)c1. The molecule has 2 heterocycles. The van der Waals surface area contributed by atoms with Gasteiger partial charge in [-0.05, 0) is 49.0 Å². The second-order valence-electron chi connectivity index (χ2n) is 5.68. The first-order valence-corrected chi connectivity index (χ1v) is 8.81. The van der Waals surface area contributed by atoms with Gasteiger partial charge in [-0.2, -0.15) is 0 Å². The van der Waals surface area contributed by atoms with Gasteiger partial charge in [0, 0.05) is 5.69 Å². The maximum absolute atomic E-state index is 12.7. The Morgan fingerprint density at radius 3 is 2.80 bits per heavy atom. The molecule has 0 radical (unpaired) electrons. The van der Waals surface area contributed by atoms with Crippen LogP contribution in [0.5, 0.6) is 0 Å². The van der Waals surface area contributed by atoms with E-state index in [4.69, 9.17) is 12.2 Å². The molecule has 5 nitrogen and oxygen atoms in total. The lowest BCUT2D eigenvalue weighted by molar-refractivity contribution is 0.103. The highest BCUT2D eigenvalue weighted by Gasteiger charge is 2.18. The molecule has 7 heteroatoms. The monoisotopic (exact) mass is 367 g/mol. The predicted octanol–water partition coefficient (Wildman–Crippen LogP) is 4.13. The molecule has 0 bridgehead atoms. The Morgan fingerprint density at radius 2 is 2.00 bits per heavy atom. The average molecular weight is 367 g/mol. The number of anilines is 1. The van der Waals surface area contributed by atoms with E-state index in [0.29, 0.717) is 31.1 Å². The highest BCUT2D eigenvalue weighted by Crippen LogP contribution is 2.23. The molecule has 2 aromatic carbocycles. The second-order valence-corrected chi connectivity index (χ2v) is 7.32. The molecule has 25 heavy (non-hydrogen) atoms. The number of para-hydroxylation sites is 1. The fourth-order valence-electron chi connectivity index (χ4n) is 2.81. The first-order valence-electron chi connectivity index (χ1n) is 7.59. The fraction of sp³-hybridized carbons (Fsp3) is 0.0556. The van der Waals surface area contributed by atoms with Crippen molar-refractivity contribution in [2.45, 2.75) is 6.92 Å². The summed E-state index contributed by atoms with van der Waals surface area (Å²) in [6.45, 7) is 1.96. The first kappa shape index (κ1) is 15.7. The summed E-state index contributed by atoms with van der Waals surface area (Å²) in [6, 6.07) is 14.7. The number of aryl methyl sites for hydroxylation is 1. The number of hydrogen-bond donors (Lipinski definition) is 2. The van der Waals surface area contributed by atoms with Gasteiger partial charge >= 0.3 is 0 Å². The molecule has 0 fully saturated rings. The zero-order valence-corrected chi connectivity index (χ0v) is 14.8. The first-order chi connectivity index (χ1) is 12.0. The van der Waals surface area contributed by atoms with E-state index in [-0.39, 0.29) is 11.5 Å². The molecule has 2 N–H and O–H groups in total. The Morgan fingerprint density at radius 1 is 1.20 bits per heavy atom. The summed E-state index contributed by atoms with van der Waals surface area (Å²) in [5, 5.41) is 3.40. The van der Waals surface area contributed by atoms with Crippen LogP contribution in [-0.4, -0.2) is 15.3 Å². The second kappa shape index (κ2) is 5.94. The Labute approximate surface area is 151 Å². The van der Waals surface area contributed by atoms with Crippen LogP contribution in [0.15, 0.2) is 53.3 Å². The van der Waals surface area contributed by atoms with Crippen LogP contribution in [0.1, 0.15) is 15.2 Å². The van der Waals surface area contributed by atoms with Gasteiger partial charge in [0.15, 0.2) is 3.95 Å². The molecule has 0 saturated heterocycles. The van der Waals surface area contributed by atoms with Crippen molar-refractivity contribution in [3.8, 4) is 0 Å². The van der Waals surface area contributed by atoms with E-state index >= 15 is 0 Å². The quantitative estimate of drug-likeness (QED) is 0.524. The fourth-order valence-corrected chi connectivity index (χ4v) is 4.08. The predicted molar refractivity (Wildman–Crippen MR) is 103 cm³/mol. The van der Waals surface area contributed by atoms with Crippen molar-refractivity contribution in [3.05, 3.63) is 73.3 Å². The van der Waals surface area contributed by atoms with Gasteiger partial charge in [0.25, 0.3) is 11.5 Å². The molecule has 1 amide bonds. The standard InChI is InChI=1S/C18H13N3O2S2/c1-10-5-4-6-11(9-10)19-17(23)14-15-20-16(22)12-7-2-3-8-13(12)21(15)18(24)25-14/h2-9H,1H3,(H,19,23)(H,20,22). The van der Waals surface area contributed by atoms with Gasteiger partial charge in [0.05, 0.1) is 10.9 Å². The van der Waals surface area contributed by atoms with E-state index in [9.17, 15) is 9.59 Å². The number of carbonyl (C=O) groups is 1. The van der Waals surface area contributed by atoms with E-state index in [0.717, 1.165) is 5.56 Å². The number of nitrogens with zero attached hydrogens (tertiary/aromatic N) is 1. The van der Waals surface area contributed by atoms with Crippen LogP contribution < -0.4 is 10.9 Å². The third-order valence-electron chi connectivity index (χ3n) is 3.91. The van der Waals surface area contributed by atoms with Crippen molar-refractivity contribution in [3.63, 3.8) is 0 Å². The summed E-state index contributed by atoms with van der Waals surface area (Å²) in [7, 11) is 0. The van der Waals surface area contributed by atoms with E-state index in [1.165, 1.54) is 11.3 Å². The number of rotatable bonds is 2. The maximum atomic E-state index is 12.7. The third-order valence-corrected chi connectivity index (χ3v) is 5.29. The summed E-state index contributed by atoms with van der Waals surface area (Å²) in [5.74, 6) is -0.296. The summed E-state index contributed by atoms with van der Waals surface area (Å²) >= 11 is 6.61. The van der Waals surface area contributed by atoms with Crippen LogP contribution in [0.2, 0.25) is 0 Å². The number of fused-ring (bicyclic) bond motifs is 3. The van der Waals surface area contributed by atoms with Crippen LogP contribution in [-0.2, 0) is 0 Å². The van der Waals surface area contributed by atoms with Gasteiger partial charge in [0.2, 0.25) is 0 Å². The van der Waals surface area contributed by atoms with Crippen LogP contribution in [0.4, 0.5) is 5.69 Å². The van der Waals surface area contributed by atoms with Gasteiger partial charge < -0.3 is 10.3 Å². The number of hydrogen-bond acceptors (Lipinski definition) is 4. The van der Waals surface area contributed by atoms with E-state index < -0.39 is 0 Å². The van der Waals surface area contributed by atoms with E-state index in [1.54, 1.807) is 16.5 Å². The highest BCUT2D eigenvalue weighted by molar-refractivity contribution is 7.73. The molecular formula is C18H13N3O2S2. The molecule has 0 aliphatic carbocycles. The van der Waals surface area contributed by atoms with Crippen LogP contribution in [0, 0.1) is 10.9 Å². The van der Waals surface area contributed by atoms with Crippen molar-refractivity contribution in [1.82, 2.24) is 9.38 Å². The zero-order valence-electron chi connectivity index (χ0n) is 13.2. The van der Waals surface area contributed by atoms with E-state index in [1.807, 2.05) is 43.3 Å². The maximum Gasteiger partial charge on any atom is 0.269 e. The molecule has 0 saturated carbocycles. The Balaban J connectivity index is 1.90. The van der Waals surface area contributed by atoms with Gasteiger partial charge in [-0.15, -0.1) is 0 Å². The normalized spacial score (nSPS) is 11.1. The summed E-state index contributed by atoms with van der Waals surface area (Å²) in [4.78, 5) is 28.2. The van der Waals surface area contributed by atoms with Gasteiger partial charge in [-0.25, -0.2) is 0 Å². The van der Waals surface area contributed by atoms with Gasteiger partial charge in [-0.3, -0.25) is 14.0 Å². The number of amides is 1. The van der Waals surface area contributed by atoms with Crippen LogP contribution >= 0.6 is 23.6 Å². The molecule has 4 rings (SSSR count). The van der Waals surface area contributed by atoms with Crippen LogP contribution in [0.25, 0.3) is 16.6 Å². The molecule has 2 aromatic heterocycles. The molecular weight excluding hydrogens is 354 g/mol.